The van der Waals surface area contributed by atoms with E-state index in [-0.39, 0.29) is 42.2 Å². The summed E-state index contributed by atoms with van der Waals surface area (Å²) >= 11 is 0. The molecule has 4 aliphatic rings. The fourth-order valence-corrected chi connectivity index (χ4v) is 7.23. The maximum absolute atomic E-state index is 14.1. The Bertz CT molecular complexity index is 799. The number of carbonyl (C=O) groups excluding carboxylic acids is 3. The molecule has 0 aromatic heterocycles. The number of hydrogen-bond acceptors (Lipinski definition) is 5. The number of nitrogens with one attached hydrogen (secondary N) is 2. The van der Waals surface area contributed by atoms with Crippen molar-refractivity contribution in [3.05, 3.63) is 0 Å². The van der Waals surface area contributed by atoms with E-state index >= 15 is 0 Å². The molecule has 33 heavy (non-hydrogen) atoms. The number of amides is 3. The number of aliphatic hydroxyl groups is 1. The van der Waals surface area contributed by atoms with Crippen molar-refractivity contribution < 1.29 is 24.2 Å². The van der Waals surface area contributed by atoms with Crippen molar-refractivity contribution in [2.75, 3.05) is 13.7 Å². The summed E-state index contributed by atoms with van der Waals surface area (Å²) in [6.45, 7) is 7.74. The van der Waals surface area contributed by atoms with Gasteiger partial charge in [-0.3, -0.25) is 14.4 Å². The van der Waals surface area contributed by atoms with Crippen LogP contribution in [0.15, 0.2) is 0 Å². The molecule has 1 spiro atoms. The molecular weight excluding hydrogens is 422 g/mol. The van der Waals surface area contributed by atoms with Gasteiger partial charge in [-0.1, -0.05) is 46.5 Å². The highest BCUT2D eigenvalue weighted by Crippen LogP contribution is 2.65. The Morgan fingerprint density at radius 1 is 1.24 bits per heavy atom. The Morgan fingerprint density at radius 2 is 1.91 bits per heavy atom. The highest BCUT2D eigenvalue weighted by atomic mass is 16.5. The Hall–Kier alpha value is -1.67. The van der Waals surface area contributed by atoms with Crippen molar-refractivity contribution >= 4 is 17.7 Å². The molecule has 3 N–H and O–H groups in total. The van der Waals surface area contributed by atoms with Crippen molar-refractivity contribution in [1.29, 1.82) is 0 Å². The summed E-state index contributed by atoms with van der Waals surface area (Å²) in [5.41, 5.74) is -1.86. The Kier molecular flexibility index (Phi) is 6.55. The van der Waals surface area contributed by atoms with Crippen molar-refractivity contribution in [3.63, 3.8) is 0 Å². The lowest BCUT2D eigenvalue weighted by molar-refractivity contribution is -0.152. The third-order valence-corrected chi connectivity index (χ3v) is 9.33. The number of nitrogens with zero attached hydrogens (tertiary/aromatic N) is 1. The van der Waals surface area contributed by atoms with Gasteiger partial charge in [0.25, 0.3) is 0 Å². The van der Waals surface area contributed by atoms with Crippen molar-refractivity contribution in [2.45, 2.75) is 102 Å². The molecule has 8 atom stereocenters. The average molecular weight is 464 g/mol. The van der Waals surface area contributed by atoms with Gasteiger partial charge in [-0.05, 0) is 38.0 Å². The number of carbonyl (C=O) groups is 3. The molecule has 8 heteroatoms. The lowest BCUT2D eigenvalue weighted by atomic mass is 9.62. The maximum atomic E-state index is 14.1. The van der Waals surface area contributed by atoms with Gasteiger partial charge in [0.05, 0.1) is 30.1 Å². The third kappa shape index (κ3) is 3.51. The second-order valence-corrected chi connectivity index (χ2v) is 11.0. The molecular formula is C25H41N3O5. The van der Waals surface area contributed by atoms with Gasteiger partial charge in [-0.15, -0.1) is 0 Å². The van der Waals surface area contributed by atoms with Crippen LogP contribution in [0.5, 0.6) is 0 Å². The zero-order valence-corrected chi connectivity index (χ0v) is 20.7. The van der Waals surface area contributed by atoms with Gasteiger partial charge in [0, 0.05) is 13.1 Å². The minimum atomic E-state index is -1.05. The van der Waals surface area contributed by atoms with E-state index in [1.807, 2.05) is 27.7 Å². The molecule has 3 unspecified atom stereocenters. The number of ether oxygens (including phenoxy) is 1. The quantitative estimate of drug-likeness (QED) is 0.532. The molecule has 186 valence electrons. The van der Waals surface area contributed by atoms with Gasteiger partial charge >= 0.3 is 0 Å². The van der Waals surface area contributed by atoms with Crippen LogP contribution in [0, 0.1) is 23.7 Å². The number of likely N-dealkylation sites (tertiary alicyclic amines) is 1. The molecule has 3 aliphatic heterocycles. The number of hydrogen-bond donors (Lipinski definition) is 3. The first-order valence-corrected chi connectivity index (χ1v) is 12.8. The smallest absolute Gasteiger partial charge is 0.246 e. The Labute approximate surface area is 197 Å². The fourth-order valence-electron chi connectivity index (χ4n) is 7.23. The van der Waals surface area contributed by atoms with E-state index in [9.17, 15) is 19.5 Å². The zero-order valence-electron chi connectivity index (χ0n) is 20.7. The summed E-state index contributed by atoms with van der Waals surface area (Å²) in [6, 6.07) is -1.25. The standard InChI is InChI=1S/C25H41N3O5/c1-6-14(2)17(13-29)28-20(22(31)27-16-10-8-7-9-11-16)25-12-15(3)24(4,33-25)18(21(30)26-5)19(25)23(28)32/h14-20,29H,6-13H2,1-5H3,(H,26,30)(H,27,31)/t14-,15?,17-,18-,19-,20?,24+,25?/m0/s1. The number of fused-ring (bicyclic) bond motifs is 1. The van der Waals surface area contributed by atoms with E-state index in [2.05, 4.69) is 10.6 Å². The molecule has 1 saturated carbocycles. The predicted octanol–water partition coefficient (Wildman–Crippen LogP) is 1.60. The summed E-state index contributed by atoms with van der Waals surface area (Å²) in [7, 11) is 1.58. The second kappa shape index (κ2) is 8.84. The molecule has 4 rings (SSSR count). The van der Waals surface area contributed by atoms with Gasteiger partial charge in [0.1, 0.15) is 11.6 Å². The first kappa shape index (κ1) is 24.5. The SMILES string of the molecule is CC[C@H](C)[C@H](CO)N1C(=O)[C@@H]2[C@@H](C(=O)NC)[C@]3(C)OC2(CC3C)C1C(=O)NC1CCCCC1. The molecule has 1 aliphatic carbocycles. The summed E-state index contributed by atoms with van der Waals surface area (Å²) in [4.78, 5) is 42.6. The summed E-state index contributed by atoms with van der Waals surface area (Å²) in [6.07, 6.45) is 6.54. The molecule has 0 aromatic rings. The van der Waals surface area contributed by atoms with Crippen LogP contribution in [0.1, 0.15) is 72.6 Å². The largest absolute Gasteiger partial charge is 0.394 e. The molecule has 8 nitrogen and oxygen atoms in total. The minimum Gasteiger partial charge on any atom is -0.394 e. The highest BCUT2D eigenvalue weighted by molar-refractivity contribution is 5.99. The molecule has 3 saturated heterocycles. The summed E-state index contributed by atoms with van der Waals surface area (Å²) in [5, 5.41) is 16.3. The summed E-state index contributed by atoms with van der Waals surface area (Å²) in [5.74, 6) is -2.02. The van der Waals surface area contributed by atoms with Crippen LogP contribution in [0.25, 0.3) is 0 Å². The second-order valence-electron chi connectivity index (χ2n) is 11.0. The van der Waals surface area contributed by atoms with Crippen LogP contribution < -0.4 is 10.6 Å². The lowest BCUT2D eigenvalue weighted by Gasteiger charge is -2.40. The molecule has 3 heterocycles. The number of rotatable bonds is 7. The van der Waals surface area contributed by atoms with Gasteiger partial charge in [0.15, 0.2) is 0 Å². The molecule has 2 bridgehead atoms. The molecule has 4 fully saturated rings. The van der Waals surface area contributed by atoms with Crippen LogP contribution in [-0.4, -0.2) is 70.7 Å². The normalized spacial score (nSPS) is 39.9. The topological polar surface area (TPSA) is 108 Å². The van der Waals surface area contributed by atoms with Gasteiger partial charge in [-0.25, -0.2) is 0 Å². The monoisotopic (exact) mass is 463 g/mol. The van der Waals surface area contributed by atoms with Crippen LogP contribution >= 0.6 is 0 Å². The molecule has 0 radical (unpaired) electrons. The lowest BCUT2D eigenvalue weighted by Crippen LogP contribution is -2.60. The Balaban J connectivity index is 1.78. The van der Waals surface area contributed by atoms with Crippen LogP contribution in [0.3, 0.4) is 0 Å². The predicted molar refractivity (Wildman–Crippen MR) is 123 cm³/mol. The van der Waals surface area contributed by atoms with Crippen molar-refractivity contribution in [2.24, 2.45) is 23.7 Å². The van der Waals surface area contributed by atoms with Gasteiger partial charge in [0.2, 0.25) is 17.7 Å². The first-order chi connectivity index (χ1) is 15.7. The van der Waals surface area contributed by atoms with Gasteiger partial charge < -0.3 is 25.4 Å². The molecule has 3 amide bonds. The van der Waals surface area contributed by atoms with Crippen LogP contribution in [0.2, 0.25) is 0 Å². The zero-order chi connectivity index (χ0) is 24.1. The van der Waals surface area contributed by atoms with Crippen LogP contribution in [-0.2, 0) is 19.1 Å². The van der Waals surface area contributed by atoms with E-state index in [0.29, 0.717) is 6.42 Å². The molecule has 0 aromatic carbocycles. The van der Waals surface area contributed by atoms with E-state index in [1.165, 1.54) is 6.42 Å². The van der Waals surface area contributed by atoms with Crippen molar-refractivity contribution in [3.8, 4) is 0 Å². The summed E-state index contributed by atoms with van der Waals surface area (Å²) < 4.78 is 6.69. The van der Waals surface area contributed by atoms with E-state index < -0.39 is 35.1 Å². The fraction of sp³-hybridized carbons (Fsp3) is 0.880. The Morgan fingerprint density at radius 3 is 2.48 bits per heavy atom. The van der Waals surface area contributed by atoms with E-state index in [1.54, 1.807) is 11.9 Å². The third-order valence-electron chi connectivity index (χ3n) is 9.33. The highest BCUT2D eigenvalue weighted by Gasteiger charge is 2.80. The van der Waals surface area contributed by atoms with Crippen LogP contribution in [0.4, 0.5) is 0 Å². The van der Waals surface area contributed by atoms with E-state index in [0.717, 1.165) is 32.1 Å². The minimum absolute atomic E-state index is 0.00261. The van der Waals surface area contributed by atoms with Crippen molar-refractivity contribution in [1.82, 2.24) is 15.5 Å². The van der Waals surface area contributed by atoms with Gasteiger partial charge in [-0.2, -0.15) is 0 Å². The maximum Gasteiger partial charge on any atom is 0.246 e. The van der Waals surface area contributed by atoms with E-state index in [4.69, 9.17) is 4.74 Å². The average Bonchev–Trinajstić information content (AvgIpc) is 3.31. The first-order valence-electron chi connectivity index (χ1n) is 12.8. The number of aliphatic hydroxyl groups excluding tert-OH is 1.